The van der Waals surface area contributed by atoms with Crippen LogP contribution in [0.5, 0.6) is 0 Å². The molecule has 4 aromatic heterocycles. The van der Waals surface area contributed by atoms with Crippen molar-refractivity contribution < 1.29 is 13.6 Å². The molecule has 0 radical (unpaired) electrons. The van der Waals surface area contributed by atoms with Gasteiger partial charge in [0.1, 0.15) is 12.2 Å². The molecule has 1 aromatic carbocycles. The van der Waals surface area contributed by atoms with Crippen LogP contribution >= 0.6 is 0 Å². The number of hydrogen-bond acceptors (Lipinski definition) is 5. The quantitative estimate of drug-likeness (QED) is 0.284. The molecule has 1 aliphatic heterocycles. The van der Waals surface area contributed by atoms with Gasteiger partial charge in [-0.2, -0.15) is 4.39 Å². The van der Waals surface area contributed by atoms with Crippen LogP contribution in [-0.4, -0.2) is 65.3 Å². The maximum atomic E-state index is 13.3. The van der Waals surface area contributed by atoms with E-state index in [1.807, 2.05) is 29.8 Å². The van der Waals surface area contributed by atoms with E-state index in [-0.39, 0.29) is 12.5 Å². The number of allylic oxidation sites excluding steroid dienone is 1. The monoisotopic (exact) mass is 570 g/mol. The normalized spacial score (nSPS) is 16.3. The molecule has 5 aromatic rings. The van der Waals surface area contributed by atoms with Crippen molar-refractivity contribution in [3.8, 4) is 11.5 Å². The number of nitrogens with two attached hydrogens (primary N) is 1. The number of hydrogen-bond donors (Lipinski definition) is 1. The minimum absolute atomic E-state index is 0.178. The average Bonchev–Trinajstić information content (AvgIpc) is 3.47. The Kier molecular flexibility index (Phi) is 6.61. The molecule has 1 unspecified atom stereocenters. The number of alkyl halides is 1. The molecule has 1 aliphatic carbocycles. The third-order valence-corrected chi connectivity index (χ3v) is 8.25. The Hall–Kier alpha value is -4.38. The summed E-state index contributed by atoms with van der Waals surface area (Å²) < 4.78 is 32.4. The predicted molar refractivity (Wildman–Crippen MR) is 157 cm³/mol. The first kappa shape index (κ1) is 26.5. The predicted octanol–water partition coefficient (Wildman–Crippen LogP) is 4.34. The largest absolute Gasteiger partial charge is 0.337 e. The van der Waals surface area contributed by atoms with E-state index in [1.54, 1.807) is 9.47 Å². The highest BCUT2D eigenvalue weighted by molar-refractivity contribution is 5.99. The fourth-order valence-corrected chi connectivity index (χ4v) is 5.93. The number of carbonyl (C=O) groups excluding carboxylic acids is 1. The highest BCUT2D eigenvalue weighted by atomic mass is 19.1. The summed E-state index contributed by atoms with van der Waals surface area (Å²) in [7, 11) is 1.96. The van der Waals surface area contributed by atoms with Gasteiger partial charge in [-0.25, -0.2) is 19.3 Å². The molecule has 0 saturated heterocycles. The molecular weight excluding hydrogens is 538 g/mol. The van der Waals surface area contributed by atoms with E-state index in [1.165, 1.54) is 25.4 Å². The van der Waals surface area contributed by atoms with Gasteiger partial charge < -0.3 is 24.3 Å². The summed E-state index contributed by atoms with van der Waals surface area (Å²) in [5.41, 5.74) is 11.6. The highest BCUT2D eigenvalue weighted by Gasteiger charge is 2.30. The maximum absolute atomic E-state index is 13.3. The SMILES string of the molecule is Cn1c(-c2cc3cccc(C=CCn4cnc(F)c4)c3n2CC2CC2)nc2cc3c(nc21)CCN(CC(N)CF)C3=O. The fourth-order valence-electron chi connectivity index (χ4n) is 5.93. The Morgan fingerprint density at radius 3 is 2.83 bits per heavy atom. The summed E-state index contributed by atoms with van der Waals surface area (Å²) in [5.74, 6) is 0.724. The van der Waals surface area contributed by atoms with Crippen molar-refractivity contribution in [2.75, 3.05) is 19.8 Å². The zero-order valence-corrected chi connectivity index (χ0v) is 23.4. The van der Waals surface area contributed by atoms with Gasteiger partial charge in [0.25, 0.3) is 5.91 Å². The lowest BCUT2D eigenvalue weighted by atomic mass is 10.0. The smallest absolute Gasteiger partial charge is 0.255 e. The first-order valence-corrected chi connectivity index (χ1v) is 14.3. The Morgan fingerprint density at radius 2 is 2.07 bits per heavy atom. The number of imidazole rings is 2. The Balaban J connectivity index is 1.29. The van der Waals surface area contributed by atoms with E-state index < -0.39 is 18.7 Å². The number of pyridine rings is 1. The van der Waals surface area contributed by atoms with Gasteiger partial charge >= 0.3 is 0 Å². The number of benzene rings is 1. The number of nitrogens with zero attached hydrogens (tertiary/aromatic N) is 7. The Morgan fingerprint density at radius 1 is 1.21 bits per heavy atom. The number of aryl methyl sites for hydroxylation is 1. The molecule has 1 atom stereocenters. The first-order valence-electron chi connectivity index (χ1n) is 14.3. The van der Waals surface area contributed by atoms with Crippen LogP contribution in [0.3, 0.4) is 0 Å². The summed E-state index contributed by atoms with van der Waals surface area (Å²) in [6.45, 7) is 1.36. The number of halogens is 2. The fraction of sp³-hybridized carbons (Fsp3) is 0.355. The number of para-hydroxylation sites is 1. The van der Waals surface area contributed by atoms with E-state index in [9.17, 15) is 13.6 Å². The van der Waals surface area contributed by atoms with Gasteiger partial charge in [-0.3, -0.25) is 4.79 Å². The minimum atomic E-state index is -0.698. The lowest BCUT2D eigenvalue weighted by Gasteiger charge is -2.29. The van der Waals surface area contributed by atoms with E-state index in [0.29, 0.717) is 36.5 Å². The van der Waals surface area contributed by atoms with Gasteiger partial charge in [0.2, 0.25) is 5.95 Å². The van der Waals surface area contributed by atoms with Crippen LogP contribution in [0.2, 0.25) is 0 Å². The Labute approximate surface area is 241 Å². The first-order chi connectivity index (χ1) is 20.4. The molecule has 1 saturated carbocycles. The average molecular weight is 571 g/mol. The van der Waals surface area contributed by atoms with E-state index in [4.69, 9.17) is 15.7 Å². The van der Waals surface area contributed by atoms with Crippen LogP contribution in [0.15, 0.2) is 48.9 Å². The van der Waals surface area contributed by atoms with Crippen molar-refractivity contribution in [2.24, 2.45) is 18.7 Å². The van der Waals surface area contributed by atoms with E-state index in [0.717, 1.165) is 45.9 Å². The third-order valence-electron chi connectivity index (χ3n) is 8.25. The van der Waals surface area contributed by atoms with Gasteiger partial charge in [-0.15, -0.1) is 0 Å². The van der Waals surface area contributed by atoms with Gasteiger partial charge in [0.05, 0.1) is 41.0 Å². The van der Waals surface area contributed by atoms with Gasteiger partial charge in [0.15, 0.2) is 11.5 Å². The molecule has 2 N–H and O–H groups in total. The second kappa shape index (κ2) is 10.5. The van der Waals surface area contributed by atoms with E-state index in [2.05, 4.69) is 33.8 Å². The van der Waals surface area contributed by atoms with Crippen LogP contribution in [0.4, 0.5) is 8.78 Å². The second-order valence-electron chi connectivity index (χ2n) is 11.4. The molecule has 2 aliphatic rings. The molecule has 0 spiro atoms. The molecule has 42 heavy (non-hydrogen) atoms. The summed E-state index contributed by atoms with van der Waals surface area (Å²) in [6, 6.07) is 9.54. The molecule has 9 nitrogen and oxygen atoms in total. The van der Waals surface area contributed by atoms with Crippen molar-refractivity contribution in [1.29, 1.82) is 0 Å². The van der Waals surface area contributed by atoms with Crippen molar-refractivity contribution in [3.05, 3.63) is 71.7 Å². The number of amides is 1. The molecule has 7 rings (SSSR count). The maximum Gasteiger partial charge on any atom is 0.255 e. The molecular formula is C31H32F2N8O. The summed E-state index contributed by atoms with van der Waals surface area (Å²) >= 11 is 0. The zero-order chi connectivity index (χ0) is 29.0. The van der Waals surface area contributed by atoms with Crippen molar-refractivity contribution in [2.45, 2.75) is 38.4 Å². The molecule has 11 heteroatoms. The lowest BCUT2D eigenvalue weighted by Crippen LogP contribution is -2.45. The van der Waals surface area contributed by atoms with Gasteiger partial charge in [-0.1, -0.05) is 30.4 Å². The van der Waals surface area contributed by atoms with Crippen LogP contribution in [0, 0.1) is 11.9 Å². The molecule has 1 amide bonds. The van der Waals surface area contributed by atoms with Crippen LogP contribution in [0.1, 0.15) is 34.5 Å². The van der Waals surface area contributed by atoms with Crippen molar-refractivity contribution in [1.82, 2.24) is 33.6 Å². The molecule has 1 fully saturated rings. The second-order valence-corrected chi connectivity index (χ2v) is 11.4. The van der Waals surface area contributed by atoms with E-state index >= 15 is 0 Å². The minimum Gasteiger partial charge on any atom is -0.337 e. The van der Waals surface area contributed by atoms with Crippen molar-refractivity contribution >= 4 is 34.1 Å². The number of aromatic nitrogens is 6. The topological polar surface area (TPSA) is 99.8 Å². The van der Waals surface area contributed by atoms with Gasteiger partial charge in [-0.05, 0) is 36.5 Å². The zero-order valence-electron chi connectivity index (χ0n) is 23.4. The summed E-state index contributed by atoms with van der Waals surface area (Å²) in [6.07, 6.45) is 9.92. The van der Waals surface area contributed by atoms with Gasteiger partial charge in [0, 0.05) is 45.0 Å². The molecule has 0 bridgehead atoms. The van der Waals surface area contributed by atoms with Crippen LogP contribution < -0.4 is 5.73 Å². The van der Waals surface area contributed by atoms with Crippen LogP contribution in [0.25, 0.3) is 39.7 Å². The third kappa shape index (κ3) is 4.77. The standard InChI is InChI=1S/C31H32F2N8O/c1-38-29-25(13-23-24(36-29)9-11-40(31(23)42)16-22(34)14-32)37-30(38)26-12-21-5-2-4-20(28(21)41(26)15-19-7-8-19)6-3-10-39-17-27(33)35-18-39/h2-6,12-13,17-19,22H,7-11,14-16,34H2,1H3. The number of rotatable bonds is 9. The molecule has 5 heterocycles. The summed E-state index contributed by atoms with van der Waals surface area (Å²) in [5, 5.41) is 1.11. The Bertz CT molecular complexity index is 1850. The molecule has 216 valence electrons. The van der Waals surface area contributed by atoms with Crippen LogP contribution in [-0.2, 0) is 26.6 Å². The van der Waals surface area contributed by atoms with Crippen molar-refractivity contribution in [3.63, 3.8) is 0 Å². The number of carbonyl (C=O) groups is 1. The highest BCUT2D eigenvalue weighted by Crippen LogP contribution is 2.38. The summed E-state index contributed by atoms with van der Waals surface area (Å²) in [4.78, 5) is 28.4. The lowest BCUT2D eigenvalue weighted by molar-refractivity contribution is 0.0723. The number of fused-ring (bicyclic) bond motifs is 3.